The van der Waals surface area contributed by atoms with Crippen molar-refractivity contribution in [2.24, 2.45) is 0 Å². The maximum absolute atomic E-state index is 13.4. The molecule has 31 heavy (non-hydrogen) atoms. The molecule has 1 aromatic heterocycles. The van der Waals surface area contributed by atoms with Gasteiger partial charge in [-0.3, -0.25) is 20.4 Å². The first kappa shape index (κ1) is 20.1. The molecular weight excluding hydrogens is 399 g/mol. The lowest BCUT2D eigenvalue weighted by Gasteiger charge is -2.15. The van der Waals surface area contributed by atoms with Crippen molar-refractivity contribution in [3.63, 3.8) is 0 Å². The van der Waals surface area contributed by atoms with Gasteiger partial charge in [-0.15, -0.1) is 0 Å². The second kappa shape index (κ2) is 8.66. The topological polar surface area (TPSA) is 85.3 Å². The molecule has 0 spiro atoms. The summed E-state index contributed by atoms with van der Waals surface area (Å²) in [6.07, 6.45) is 0.683. The summed E-state index contributed by atoms with van der Waals surface area (Å²) in [4.78, 5) is 24.6. The van der Waals surface area contributed by atoms with Crippen molar-refractivity contribution in [2.75, 3.05) is 0 Å². The quantitative estimate of drug-likeness (QED) is 0.487. The van der Waals surface area contributed by atoms with Gasteiger partial charge in [0.05, 0.1) is 5.69 Å². The van der Waals surface area contributed by atoms with Crippen LogP contribution in [0.25, 0.3) is 16.5 Å². The number of carbonyl (C=O) groups is 2. The number of halogens is 1. The number of ether oxygens (including phenoxy) is 1. The van der Waals surface area contributed by atoms with Crippen LogP contribution in [0.2, 0.25) is 0 Å². The summed E-state index contributed by atoms with van der Waals surface area (Å²) >= 11 is 0. The van der Waals surface area contributed by atoms with Crippen LogP contribution >= 0.6 is 0 Å². The van der Waals surface area contributed by atoms with E-state index >= 15 is 0 Å². The number of rotatable bonds is 5. The highest BCUT2D eigenvalue weighted by molar-refractivity contribution is 5.94. The fourth-order valence-corrected chi connectivity index (χ4v) is 2.99. The summed E-state index contributed by atoms with van der Waals surface area (Å²) in [5.74, 6) is -0.999. The van der Waals surface area contributed by atoms with Crippen LogP contribution in [0.4, 0.5) is 4.39 Å². The number of nitrogens with one attached hydrogen (secondary N) is 2. The van der Waals surface area contributed by atoms with Gasteiger partial charge >= 0.3 is 0 Å². The average Bonchev–Trinajstić information content (AvgIpc) is 3.27. The Morgan fingerprint density at radius 1 is 0.968 bits per heavy atom. The van der Waals surface area contributed by atoms with Crippen LogP contribution in [0.5, 0.6) is 5.75 Å². The molecule has 0 aliphatic heterocycles. The molecule has 0 fully saturated rings. The molecule has 156 valence electrons. The second-order valence-electron chi connectivity index (χ2n) is 6.84. The first-order valence-corrected chi connectivity index (χ1v) is 9.57. The average molecular weight is 418 g/mol. The zero-order valence-electron chi connectivity index (χ0n) is 16.6. The van der Waals surface area contributed by atoms with Gasteiger partial charge in [-0.2, -0.15) is 5.10 Å². The van der Waals surface area contributed by atoms with E-state index in [9.17, 15) is 14.0 Å². The number of benzene rings is 3. The van der Waals surface area contributed by atoms with E-state index in [0.29, 0.717) is 11.4 Å². The first-order valence-electron chi connectivity index (χ1n) is 9.57. The molecule has 3 aromatic carbocycles. The third-order valence-corrected chi connectivity index (χ3v) is 4.60. The zero-order chi connectivity index (χ0) is 21.8. The summed E-state index contributed by atoms with van der Waals surface area (Å²) in [6.45, 7) is 1.58. The Morgan fingerprint density at radius 3 is 2.58 bits per heavy atom. The maximum Gasteiger partial charge on any atom is 0.290 e. The summed E-state index contributed by atoms with van der Waals surface area (Å²) in [6, 6.07) is 20.6. The fraction of sp³-hybridized carbons (Fsp3) is 0.0870. The van der Waals surface area contributed by atoms with Crippen LogP contribution < -0.4 is 15.6 Å². The molecule has 1 heterocycles. The molecule has 1 unspecified atom stereocenters. The van der Waals surface area contributed by atoms with Crippen molar-refractivity contribution in [3.05, 3.63) is 90.5 Å². The predicted octanol–water partition coefficient (Wildman–Crippen LogP) is 3.39. The molecule has 4 rings (SSSR count). The van der Waals surface area contributed by atoms with Crippen LogP contribution in [0.15, 0.2) is 79.0 Å². The van der Waals surface area contributed by atoms with Gasteiger partial charge in [-0.1, -0.05) is 36.4 Å². The van der Waals surface area contributed by atoms with E-state index in [4.69, 9.17) is 4.74 Å². The Labute approximate surface area is 177 Å². The number of hydrogen-bond acceptors (Lipinski definition) is 4. The minimum atomic E-state index is -0.841. The van der Waals surface area contributed by atoms with Gasteiger partial charge < -0.3 is 4.74 Å². The van der Waals surface area contributed by atoms with Gasteiger partial charge in [0.25, 0.3) is 11.8 Å². The van der Waals surface area contributed by atoms with Crippen LogP contribution in [0.1, 0.15) is 17.4 Å². The third kappa shape index (κ3) is 4.69. The van der Waals surface area contributed by atoms with Gasteiger partial charge in [-0.05, 0) is 54.1 Å². The number of hydrazine groups is 1. The number of nitrogens with zero attached hydrogens (tertiary/aromatic N) is 2. The van der Waals surface area contributed by atoms with Crippen molar-refractivity contribution in [3.8, 4) is 11.4 Å². The van der Waals surface area contributed by atoms with Crippen molar-refractivity contribution in [1.82, 2.24) is 20.6 Å². The lowest BCUT2D eigenvalue weighted by Crippen LogP contribution is -2.47. The standard InChI is InChI=1S/C23H19FN4O3/c1-15(31-20-10-9-16-5-2-3-6-17(16)13-20)22(29)25-26-23(30)21-11-12-28(27-21)19-8-4-7-18(24)14-19/h2-15H,1H3,(H,25,29)(H,26,30). The highest BCUT2D eigenvalue weighted by Crippen LogP contribution is 2.21. The van der Waals surface area contributed by atoms with E-state index in [1.807, 2.05) is 36.4 Å². The van der Waals surface area contributed by atoms with E-state index in [2.05, 4.69) is 16.0 Å². The van der Waals surface area contributed by atoms with Crippen molar-refractivity contribution >= 4 is 22.6 Å². The van der Waals surface area contributed by atoms with Gasteiger partial charge in [0.1, 0.15) is 11.6 Å². The van der Waals surface area contributed by atoms with E-state index in [-0.39, 0.29) is 5.69 Å². The number of aromatic nitrogens is 2. The van der Waals surface area contributed by atoms with Gasteiger partial charge in [0.2, 0.25) is 0 Å². The highest BCUT2D eigenvalue weighted by atomic mass is 19.1. The molecule has 8 heteroatoms. The summed E-state index contributed by atoms with van der Waals surface area (Å²) in [5.41, 5.74) is 5.16. The molecule has 1 atom stereocenters. The number of fused-ring (bicyclic) bond motifs is 1. The third-order valence-electron chi connectivity index (χ3n) is 4.60. The molecule has 0 bridgehead atoms. The molecule has 0 saturated heterocycles. The number of hydrogen-bond donors (Lipinski definition) is 2. The van der Waals surface area contributed by atoms with Crippen LogP contribution in [0, 0.1) is 5.82 Å². The van der Waals surface area contributed by atoms with Crippen molar-refractivity contribution < 1.29 is 18.7 Å². The molecule has 2 amide bonds. The molecule has 7 nitrogen and oxygen atoms in total. The molecule has 0 radical (unpaired) electrons. The molecule has 0 aliphatic carbocycles. The maximum atomic E-state index is 13.4. The van der Waals surface area contributed by atoms with Crippen molar-refractivity contribution in [1.29, 1.82) is 0 Å². The monoisotopic (exact) mass is 418 g/mol. The molecule has 0 saturated carbocycles. The second-order valence-corrected chi connectivity index (χ2v) is 6.84. The Bertz CT molecular complexity index is 1250. The summed E-state index contributed by atoms with van der Waals surface area (Å²) in [5, 5.41) is 6.16. The minimum Gasteiger partial charge on any atom is -0.481 e. The van der Waals surface area contributed by atoms with E-state index in [1.165, 1.54) is 29.1 Å². The Kier molecular flexibility index (Phi) is 5.61. The Morgan fingerprint density at radius 2 is 1.77 bits per heavy atom. The lowest BCUT2D eigenvalue weighted by atomic mass is 10.1. The van der Waals surface area contributed by atoms with Crippen LogP contribution in [0.3, 0.4) is 0 Å². The number of carbonyl (C=O) groups excluding carboxylic acids is 2. The fourth-order valence-electron chi connectivity index (χ4n) is 2.99. The molecule has 2 N–H and O–H groups in total. The van der Waals surface area contributed by atoms with Gasteiger partial charge in [0, 0.05) is 6.20 Å². The predicted molar refractivity (Wildman–Crippen MR) is 113 cm³/mol. The smallest absolute Gasteiger partial charge is 0.290 e. The first-order chi connectivity index (χ1) is 15.0. The summed E-state index contributed by atoms with van der Waals surface area (Å²) < 4.78 is 20.4. The highest BCUT2D eigenvalue weighted by Gasteiger charge is 2.17. The van der Waals surface area contributed by atoms with E-state index in [1.54, 1.807) is 25.1 Å². The normalized spacial score (nSPS) is 11.7. The largest absolute Gasteiger partial charge is 0.481 e. The SMILES string of the molecule is CC(Oc1ccc2ccccc2c1)C(=O)NNC(=O)c1ccn(-c2cccc(F)c2)n1. The van der Waals surface area contributed by atoms with Crippen molar-refractivity contribution in [2.45, 2.75) is 13.0 Å². The van der Waals surface area contributed by atoms with E-state index < -0.39 is 23.7 Å². The molecule has 0 aliphatic rings. The zero-order valence-corrected chi connectivity index (χ0v) is 16.6. The van der Waals surface area contributed by atoms with E-state index in [0.717, 1.165) is 10.8 Å². The minimum absolute atomic E-state index is 0.0626. The van der Waals surface area contributed by atoms with Crippen LogP contribution in [-0.4, -0.2) is 27.7 Å². The molecule has 4 aromatic rings. The van der Waals surface area contributed by atoms with Gasteiger partial charge in [-0.25, -0.2) is 9.07 Å². The number of amides is 2. The summed E-state index contributed by atoms with van der Waals surface area (Å²) in [7, 11) is 0. The van der Waals surface area contributed by atoms with Crippen LogP contribution in [-0.2, 0) is 4.79 Å². The van der Waals surface area contributed by atoms with Gasteiger partial charge in [0.15, 0.2) is 11.8 Å². The Hall–Kier alpha value is -4.20. The lowest BCUT2D eigenvalue weighted by molar-refractivity contribution is -0.128. The Balaban J connectivity index is 1.34. The molecular formula is C23H19FN4O3.